The lowest BCUT2D eigenvalue weighted by molar-refractivity contribution is -0.193. The number of fused-ring (bicyclic) bond motifs is 1. The fraction of sp³-hybridized carbons (Fsp3) is 0.333. The monoisotopic (exact) mass is 563 g/mol. The summed E-state index contributed by atoms with van der Waals surface area (Å²) in [6.45, 7) is 3.25. The molecule has 1 atom stereocenters. The van der Waals surface area contributed by atoms with Crippen LogP contribution in [0.25, 0.3) is 16.6 Å². The normalized spacial score (nSPS) is 15.0. The number of ether oxygens (including phenoxy) is 1. The van der Waals surface area contributed by atoms with Crippen molar-refractivity contribution in [2.75, 3.05) is 13.2 Å². The molecule has 0 spiro atoms. The number of nitrogens with zero attached hydrogens (tertiary/aromatic N) is 2. The van der Waals surface area contributed by atoms with E-state index in [0.29, 0.717) is 18.2 Å². The number of rotatable bonds is 4. The van der Waals surface area contributed by atoms with E-state index in [9.17, 15) is 31.1 Å². The van der Waals surface area contributed by atoms with Crippen LogP contribution in [0.2, 0.25) is 0 Å². The minimum absolute atomic E-state index is 0.284. The smallest absolute Gasteiger partial charge is 0.475 e. The lowest BCUT2D eigenvalue weighted by Gasteiger charge is -2.13. The molecule has 9 nitrogen and oxygen atoms in total. The molecule has 1 aromatic carbocycles. The summed E-state index contributed by atoms with van der Waals surface area (Å²) in [5.41, 5.74) is 3.78. The molecule has 0 unspecified atom stereocenters. The Morgan fingerprint density at radius 3 is 2.18 bits per heavy atom. The van der Waals surface area contributed by atoms with Crippen molar-refractivity contribution < 1.29 is 55.7 Å². The molecule has 2 aromatic heterocycles. The van der Waals surface area contributed by atoms with Gasteiger partial charge in [-0.05, 0) is 56.1 Å². The number of aromatic nitrogens is 2. The number of hydrogen-bond donors (Lipinski definition) is 3. The molecule has 4 rings (SSSR count). The van der Waals surface area contributed by atoms with E-state index < -0.39 is 24.3 Å². The fourth-order valence-electron chi connectivity index (χ4n) is 3.52. The van der Waals surface area contributed by atoms with Gasteiger partial charge in [-0.25, -0.2) is 14.4 Å². The summed E-state index contributed by atoms with van der Waals surface area (Å²) in [6, 6.07) is 10.2. The third-order valence-electron chi connectivity index (χ3n) is 5.20. The van der Waals surface area contributed by atoms with E-state index in [1.54, 1.807) is 0 Å². The number of carboxylic acid groups (broad SMARTS) is 2. The van der Waals surface area contributed by atoms with Crippen LogP contribution in [0.4, 0.5) is 26.3 Å². The van der Waals surface area contributed by atoms with Gasteiger partial charge in [0.1, 0.15) is 0 Å². The van der Waals surface area contributed by atoms with Crippen molar-refractivity contribution in [3.05, 3.63) is 60.0 Å². The maximum absolute atomic E-state index is 12.2. The first-order chi connectivity index (χ1) is 18.2. The second-order valence-corrected chi connectivity index (χ2v) is 7.88. The zero-order valence-electron chi connectivity index (χ0n) is 20.2. The Morgan fingerprint density at radius 2 is 1.67 bits per heavy atom. The van der Waals surface area contributed by atoms with Gasteiger partial charge < -0.3 is 24.8 Å². The number of carboxylic acids is 2. The van der Waals surface area contributed by atoms with E-state index >= 15 is 0 Å². The van der Waals surface area contributed by atoms with Crippen LogP contribution >= 0.6 is 0 Å². The topological polar surface area (TPSA) is 131 Å². The van der Waals surface area contributed by atoms with Crippen molar-refractivity contribution in [2.45, 2.75) is 38.2 Å². The molecular weight excluding hydrogens is 540 g/mol. The van der Waals surface area contributed by atoms with Gasteiger partial charge in [0.05, 0.1) is 29.6 Å². The third kappa shape index (κ3) is 8.70. The first kappa shape index (κ1) is 31.1. The largest absolute Gasteiger partial charge is 0.490 e. The number of hydrogen-bond acceptors (Lipinski definition) is 6. The molecule has 212 valence electrons. The average molecular weight is 563 g/mol. The Balaban J connectivity index is 0.000000317. The molecule has 1 fully saturated rings. The Hall–Kier alpha value is -4.14. The van der Waals surface area contributed by atoms with E-state index in [1.807, 2.05) is 49.8 Å². The summed E-state index contributed by atoms with van der Waals surface area (Å²) in [5, 5.41) is 18.7. The molecular formula is C24H23F6N3O6. The van der Waals surface area contributed by atoms with Crippen LogP contribution in [-0.4, -0.2) is 63.2 Å². The molecule has 0 aliphatic carbocycles. The van der Waals surface area contributed by atoms with Gasteiger partial charge in [-0.15, -0.1) is 0 Å². The van der Waals surface area contributed by atoms with E-state index in [1.165, 1.54) is 12.0 Å². The number of halogens is 6. The Kier molecular flexibility index (Phi) is 10.4. The summed E-state index contributed by atoms with van der Waals surface area (Å²) < 4.78 is 70.7. The molecule has 3 N–H and O–H groups in total. The first-order valence-electron chi connectivity index (χ1n) is 11.2. The highest BCUT2D eigenvalue weighted by Gasteiger charge is 2.38. The standard InChI is InChI=1S/C20H21N3O2.2C2HF3O2/c1-2-25-20(24)17-5-3-7-19-16(17)8-10-23(19)15-11-14(12-21-13-15)18-6-4-9-22-18;2*3-2(4,5)1(6)7/h3,5,7-8,10-13,18,22H,2,4,6,9H2,1H3;2*(H,6,7)/t18-;;/m0../s1. The minimum atomic E-state index is -5.08. The van der Waals surface area contributed by atoms with Gasteiger partial charge in [0.25, 0.3) is 0 Å². The van der Waals surface area contributed by atoms with Crippen LogP contribution in [0, 0.1) is 0 Å². The summed E-state index contributed by atoms with van der Waals surface area (Å²) in [6.07, 6.45) is -2.05. The second-order valence-electron chi connectivity index (χ2n) is 7.88. The maximum Gasteiger partial charge on any atom is 0.490 e. The van der Waals surface area contributed by atoms with Gasteiger partial charge in [-0.1, -0.05) is 6.07 Å². The zero-order valence-corrected chi connectivity index (χ0v) is 20.2. The van der Waals surface area contributed by atoms with Crippen LogP contribution < -0.4 is 5.32 Å². The van der Waals surface area contributed by atoms with Gasteiger partial charge in [-0.3, -0.25) is 4.98 Å². The van der Waals surface area contributed by atoms with Crippen LogP contribution in [0.1, 0.15) is 41.7 Å². The van der Waals surface area contributed by atoms with E-state index in [2.05, 4.69) is 20.9 Å². The molecule has 1 aliphatic rings. The lowest BCUT2D eigenvalue weighted by atomic mass is 10.1. The highest BCUT2D eigenvalue weighted by atomic mass is 19.4. The van der Waals surface area contributed by atoms with Crippen molar-refractivity contribution in [3.8, 4) is 5.69 Å². The Morgan fingerprint density at radius 1 is 1.05 bits per heavy atom. The molecule has 15 heteroatoms. The molecule has 0 amide bonds. The summed E-state index contributed by atoms with van der Waals surface area (Å²) in [5.74, 6) is -5.80. The van der Waals surface area contributed by atoms with E-state index in [-0.39, 0.29) is 5.97 Å². The molecule has 1 saturated heterocycles. The van der Waals surface area contributed by atoms with Gasteiger partial charge in [-0.2, -0.15) is 26.3 Å². The number of pyridine rings is 1. The van der Waals surface area contributed by atoms with Gasteiger partial charge >= 0.3 is 30.3 Å². The van der Waals surface area contributed by atoms with E-state index in [4.69, 9.17) is 24.5 Å². The van der Waals surface area contributed by atoms with Gasteiger partial charge in [0.2, 0.25) is 0 Å². The molecule has 0 bridgehead atoms. The maximum atomic E-state index is 12.2. The fourth-order valence-corrected chi connectivity index (χ4v) is 3.52. The molecule has 39 heavy (non-hydrogen) atoms. The third-order valence-corrected chi connectivity index (χ3v) is 5.20. The molecule has 3 aromatic rings. The highest BCUT2D eigenvalue weighted by Crippen LogP contribution is 2.27. The van der Waals surface area contributed by atoms with Gasteiger partial charge in [0.15, 0.2) is 0 Å². The van der Waals surface area contributed by atoms with Crippen LogP contribution in [-0.2, 0) is 14.3 Å². The predicted molar refractivity (Wildman–Crippen MR) is 124 cm³/mol. The van der Waals surface area contributed by atoms with Crippen LogP contribution in [0.5, 0.6) is 0 Å². The first-order valence-corrected chi connectivity index (χ1v) is 11.2. The van der Waals surface area contributed by atoms with Crippen molar-refractivity contribution in [1.29, 1.82) is 0 Å². The van der Waals surface area contributed by atoms with Crippen molar-refractivity contribution >= 4 is 28.8 Å². The summed E-state index contributed by atoms with van der Waals surface area (Å²) in [4.78, 5) is 34.4. The SMILES string of the molecule is CCOC(=O)c1cccc2c1ccn2-c1cncc([C@@H]2CCCN2)c1.O=C(O)C(F)(F)F.O=C(O)C(F)(F)F. The number of alkyl halides is 6. The molecule has 0 saturated carbocycles. The van der Waals surface area contributed by atoms with Crippen LogP contribution in [0.3, 0.4) is 0 Å². The summed E-state index contributed by atoms with van der Waals surface area (Å²) >= 11 is 0. The average Bonchev–Trinajstić information content (AvgIpc) is 3.54. The lowest BCUT2D eigenvalue weighted by Crippen LogP contribution is -2.21. The van der Waals surface area contributed by atoms with Crippen LogP contribution in [0.15, 0.2) is 48.9 Å². The van der Waals surface area contributed by atoms with Crippen molar-refractivity contribution in [2.24, 2.45) is 0 Å². The predicted octanol–water partition coefficient (Wildman–Crippen LogP) is 4.89. The number of esters is 1. The Bertz CT molecular complexity index is 1280. The molecule has 0 radical (unpaired) electrons. The number of nitrogens with one attached hydrogen (secondary N) is 1. The number of aliphatic carboxylic acids is 2. The van der Waals surface area contributed by atoms with Crippen molar-refractivity contribution in [1.82, 2.24) is 14.9 Å². The quantitative estimate of drug-likeness (QED) is 0.302. The minimum Gasteiger partial charge on any atom is -0.475 e. The molecule has 3 heterocycles. The Labute approximate surface area is 217 Å². The zero-order chi connectivity index (χ0) is 29.4. The van der Waals surface area contributed by atoms with Crippen molar-refractivity contribution in [3.63, 3.8) is 0 Å². The summed E-state index contributed by atoms with van der Waals surface area (Å²) in [7, 11) is 0. The van der Waals surface area contributed by atoms with E-state index in [0.717, 1.165) is 29.6 Å². The molecule has 1 aliphatic heterocycles. The number of benzene rings is 1. The second kappa shape index (κ2) is 13.1. The van der Waals surface area contributed by atoms with Gasteiger partial charge in [0, 0.05) is 23.8 Å². The highest BCUT2D eigenvalue weighted by molar-refractivity contribution is 6.04. The number of carbonyl (C=O) groups excluding carboxylic acids is 1. The number of carbonyl (C=O) groups is 3.